The molecule has 0 N–H and O–H groups in total. The highest BCUT2D eigenvalue weighted by Gasteiger charge is 2.26. The van der Waals surface area contributed by atoms with E-state index in [0.717, 1.165) is 32.0 Å². The number of hydrogen-bond donors (Lipinski definition) is 0. The molecule has 1 aliphatic heterocycles. The fourth-order valence-electron chi connectivity index (χ4n) is 2.49. The van der Waals surface area contributed by atoms with Crippen LogP contribution in [0.2, 0.25) is 5.28 Å². The molecule has 0 spiro atoms. The van der Waals surface area contributed by atoms with Crippen molar-refractivity contribution in [3.63, 3.8) is 0 Å². The van der Waals surface area contributed by atoms with E-state index in [-0.39, 0.29) is 0 Å². The zero-order valence-corrected chi connectivity index (χ0v) is 11.2. The predicted molar refractivity (Wildman–Crippen MR) is 70.6 cm³/mol. The molecule has 1 aromatic rings. The lowest BCUT2D eigenvalue weighted by atomic mass is 10.2. The van der Waals surface area contributed by atoms with Gasteiger partial charge in [-0.15, -0.1) is 0 Å². The van der Waals surface area contributed by atoms with Crippen molar-refractivity contribution in [3.05, 3.63) is 17.5 Å². The second kappa shape index (κ2) is 5.65. The predicted octanol–water partition coefficient (Wildman–Crippen LogP) is 2.05. The van der Waals surface area contributed by atoms with Crippen LogP contribution in [0.3, 0.4) is 0 Å². The molecule has 2 rings (SSSR count). The standard InChI is InChI=1S/C12H19ClN4/c1-3-16(4-2)10-6-8-17(9-10)11-5-7-14-12(13)15-11/h5,7,10H,3-4,6,8-9H2,1-2H3. The molecule has 0 amide bonds. The van der Waals surface area contributed by atoms with E-state index in [1.807, 2.05) is 6.07 Å². The first-order valence-corrected chi connectivity index (χ1v) is 6.60. The van der Waals surface area contributed by atoms with Gasteiger partial charge in [0, 0.05) is 25.3 Å². The van der Waals surface area contributed by atoms with Crippen molar-refractivity contribution in [1.82, 2.24) is 14.9 Å². The molecule has 0 saturated carbocycles. The molecule has 0 aliphatic carbocycles. The Labute approximate surface area is 108 Å². The number of halogens is 1. The van der Waals surface area contributed by atoms with E-state index >= 15 is 0 Å². The molecular formula is C12H19ClN4. The number of rotatable bonds is 4. The van der Waals surface area contributed by atoms with Crippen molar-refractivity contribution in [2.75, 3.05) is 31.1 Å². The third-order valence-corrected chi connectivity index (χ3v) is 3.61. The summed E-state index contributed by atoms with van der Waals surface area (Å²) < 4.78 is 0. The van der Waals surface area contributed by atoms with E-state index in [1.54, 1.807) is 6.20 Å². The summed E-state index contributed by atoms with van der Waals surface area (Å²) in [7, 11) is 0. The molecule has 1 unspecified atom stereocenters. The average Bonchev–Trinajstić information content (AvgIpc) is 2.80. The van der Waals surface area contributed by atoms with Gasteiger partial charge in [-0.05, 0) is 37.2 Å². The van der Waals surface area contributed by atoms with Gasteiger partial charge >= 0.3 is 0 Å². The first-order chi connectivity index (χ1) is 8.24. The van der Waals surface area contributed by atoms with Crippen LogP contribution in [-0.2, 0) is 0 Å². The second-order valence-electron chi connectivity index (χ2n) is 4.29. The van der Waals surface area contributed by atoms with Crippen molar-refractivity contribution in [2.45, 2.75) is 26.3 Å². The van der Waals surface area contributed by atoms with Crippen LogP contribution in [0.15, 0.2) is 12.3 Å². The summed E-state index contributed by atoms with van der Waals surface area (Å²) in [5.41, 5.74) is 0. The Kier molecular flexibility index (Phi) is 4.18. The summed E-state index contributed by atoms with van der Waals surface area (Å²) in [6.45, 7) is 8.74. The van der Waals surface area contributed by atoms with Gasteiger partial charge in [-0.2, -0.15) is 0 Å². The van der Waals surface area contributed by atoms with E-state index in [1.165, 1.54) is 6.42 Å². The third kappa shape index (κ3) is 2.87. The highest BCUT2D eigenvalue weighted by Crippen LogP contribution is 2.21. The lowest BCUT2D eigenvalue weighted by Crippen LogP contribution is -2.37. The molecule has 94 valence electrons. The van der Waals surface area contributed by atoms with Crippen molar-refractivity contribution in [1.29, 1.82) is 0 Å². The van der Waals surface area contributed by atoms with Crippen LogP contribution in [0, 0.1) is 0 Å². The third-order valence-electron chi connectivity index (χ3n) is 3.43. The average molecular weight is 255 g/mol. The smallest absolute Gasteiger partial charge is 0.224 e. The lowest BCUT2D eigenvalue weighted by molar-refractivity contribution is 0.232. The van der Waals surface area contributed by atoms with Crippen LogP contribution in [-0.4, -0.2) is 47.1 Å². The van der Waals surface area contributed by atoms with Crippen molar-refractivity contribution >= 4 is 17.4 Å². The highest BCUT2D eigenvalue weighted by atomic mass is 35.5. The Morgan fingerprint density at radius 3 is 2.88 bits per heavy atom. The molecule has 2 heterocycles. The number of aromatic nitrogens is 2. The van der Waals surface area contributed by atoms with Crippen molar-refractivity contribution in [2.24, 2.45) is 0 Å². The first-order valence-electron chi connectivity index (χ1n) is 6.22. The van der Waals surface area contributed by atoms with E-state index in [2.05, 4.69) is 33.6 Å². The molecule has 5 heteroatoms. The largest absolute Gasteiger partial charge is 0.355 e. The van der Waals surface area contributed by atoms with Gasteiger partial charge in [0.15, 0.2) is 0 Å². The lowest BCUT2D eigenvalue weighted by Gasteiger charge is -2.26. The van der Waals surface area contributed by atoms with Crippen LogP contribution in [0.25, 0.3) is 0 Å². The van der Waals surface area contributed by atoms with E-state index < -0.39 is 0 Å². The Morgan fingerprint density at radius 2 is 2.24 bits per heavy atom. The minimum Gasteiger partial charge on any atom is -0.355 e. The molecule has 17 heavy (non-hydrogen) atoms. The van der Waals surface area contributed by atoms with E-state index in [4.69, 9.17) is 11.6 Å². The zero-order chi connectivity index (χ0) is 12.3. The molecule has 1 aromatic heterocycles. The normalized spacial score (nSPS) is 20.2. The maximum Gasteiger partial charge on any atom is 0.224 e. The second-order valence-corrected chi connectivity index (χ2v) is 4.63. The maximum absolute atomic E-state index is 5.82. The fourth-order valence-corrected chi connectivity index (χ4v) is 2.63. The SMILES string of the molecule is CCN(CC)C1CCN(c2ccnc(Cl)n2)C1. The minimum absolute atomic E-state index is 0.328. The zero-order valence-electron chi connectivity index (χ0n) is 10.4. The van der Waals surface area contributed by atoms with Gasteiger partial charge in [0.1, 0.15) is 5.82 Å². The molecule has 4 nitrogen and oxygen atoms in total. The monoisotopic (exact) mass is 254 g/mol. The van der Waals surface area contributed by atoms with Gasteiger partial charge in [-0.1, -0.05) is 13.8 Å². The summed E-state index contributed by atoms with van der Waals surface area (Å²) in [6, 6.07) is 2.56. The van der Waals surface area contributed by atoms with Gasteiger partial charge in [0.05, 0.1) is 0 Å². The summed E-state index contributed by atoms with van der Waals surface area (Å²) in [6.07, 6.45) is 2.92. The number of nitrogens with zero attached hydrogens (tertiary/aromatic N) is 4. The van der Waals surface area contributed by atoms with E-state index in [0.29, 0.717) is 11.3 Å². The molecule has 1 saturated heterocycles. The Morgan fingerprint density at radius 1 is 1.47 bits per heavy atom. The number of hydrogen-bond acceptors (Lipinski definition) is 4. The quantitative estimate of drug-likeness (QED) is 0.770. The number of likely N-dealkylation sites (N-methyl/N-ethyl adjacent to an activating group) is 1. The fraction of sp³-hybridized carbons (Fsp3) is 0.667. The minimum atomic E-state index is 0.328. The van der Waals surface area contributed by atoms with E-state index in [9.17, 15) is 0 Å². The first kappa shape index (κ1) is 12.6. The van der Waals surface area contributed by atoms with Gasteiger partial charge in [0.25, 0.3) is 0 Å². The van der Waals surface area contributed by atoms with Gasteiger partial charge in [-0.25, -0.2) is 9.97 Å². The number of anilines is 1. The molecule has 1 aliphatic rings. The van der Waals surface area contributed by atoms with Crippen LogP contribution >= 0.6 is 11.6 Å². The summed E-state index contributed by atoms with van der Waals surface area (Å²) in [5.74, 6) is 0.944. The molecule has 1 fully saturated rings. The molecule has 1 atom stereocenters. The van der Waals surface area contributed by atoms with Crippen molar-refractivity contribution in [3.8, 4) is 0 Å². The topological polar surface area (TPSA) is 32.3 Å². The van der Waals surface area contributed by atoms with Crippen molar-refractivity contribution < 1.29 is 0 Å². The van der Waals surface area contributed by atoms with Gasteiger partial charge in [0.2, 0.25) is 5.28 Å². The van der Waals surface area contributed by atoms with Gasteiger partial charge < -0.3 is 4.90 Å². The Hall–Kier alpha value is -0.870. The van der Waals surface area contributed by atoms with Crippen LogP contribution in [0.1, 0.15) is 20.3 Å². The van der Waals surface area contributed by atoms with Gasteiger partial charge in [-0.3, -0.25) is 4.90 Å². The molecular weight excluding hydrogens is 236 g/mol. The molecule has 0 bridgehead atoms. The summed E-state index contributed by atoms with van der Waals surface area (Å²) in [5, 5.41) is 0.328. The van der Waals surface area contributed by atoms with Crippen LogP contribution in [0.5, 0.6) is 0 Å². The summed E-state index contributed by atoms with van der Waals surface area (Å²) >= 11 is 5.82. The Bertz CT molecular complexity index is 367. The maximum atomic E-state index is 5.82. The highest BCUT2D eigenvalue weighted by molar-refractivity contribution is 6.28. The van der Waals surface area contributed by atoms with Crippen LogP contribution < -0.4 is 4.90 Å². The molecule has 0 radical (unpaired) electrons. The molecule has 0 aromatic carbocycles. The Balaban J connectivity index is 2.02. The summed E-state index contributed by atoms with van der Waals surface area (Å²) in [4.78, 5) is 13.0. The van der Waals surface area contributed by atoms with Crippen LogP contribution in [0.4, 0.5) is 5.82 Å².